The molecule has 26 heavy (non-hydrogen) atoms. The number of H-pyrrole nitrogens is 1. The average Bonchev–Trinajstić information content (AvgIpc) is 2.88. The number of ether oxygens (including phenoxy) is 1. The molecule has 1 aromatic heterocycles. The van der Waals surface area contributed by atoms with Gasteiger partial charge in [0.1, 0.15) is 12.4 Å². The molecular formula is C20H26FN2O3+. The Balaban J connectivity index is 2.20. The molecule has 0 aliphatic carbocycles. The zero-order chi connectivity index (χ0) is 19.4. The first-order chi connectivity index (χ1) is 12.3. The Morgan fingerprint density at radius 1 is 1.31 bits per heavy atom. The van der Waals surface area contributed by atoms with Crippen molar-refractivity contribution in [1.82, 2.24) is 4.98 Å². The van der Waals surface area contributed by atoms with Crippen LogP contribution in [0.5, 0.6) is 0 Å². The van der Waals surface area contributed by atoms with E-state index in [4.69, 9.17) is 4.74 Å². The van der Waals surface area contributed by atoms with Crippen LogP contribution in [0.2, 0.25) is 0 Å². The number of carbonyl (C=O) groups excluding carboxylic acids is 2. The van der Waals surface area contributed by atoms with E-state index in [2.05, 4.69) is 4.98 Å². The summed E-state index contributed by atoms with van der Waals surface area (Å²) in [5, 5.41) is 0. The first-order valence-corrected chi connectivity index (χ1v) is 8.73. The predicted molar refractivity (Wildman–Crippen MR) is 97.0 cm³/mol. The Morgan fingerprint density at radius 3 is 2.62 bits per heavy atom. The van der Waals surface area contributed by atoms with Crippen molar-refractivity contribution < 1.29 is 23.6 Å². The zero-order valence-corrected chi connectivity index (χ0v) is 15.9. The van der Waals surface area contributed by atoms with Crippen molar-refractivity contribution in [2.24, 2.45) is 0 Å². The van der Waals surface area contributed by atoms with Gasteiger partial charge in [0.05, 0.1) is 24.9 Å². The molecule has 2 aromatic rings. The van der Waals surface area contributed by atoms with E-state index in [-0.39, 0.29) is 24.2 Å². The average molecular weight is 361 g/mol. The van der Waals surface area contributed by atoms with Crippen LogP contribution in [0.4, 0.5) is 4.39 Å². The van der Waals surface area contributed by atoms with Crippen LogP contribution in [0.15, 0.2) is 24.3 Å². The highest BCUT2D eigenvalue weighted by Crippen LogP contribution is 2.20. The van der Waals surface area contributed by atoms with E-state index in [0.717, 1.165) is 10.5 Å². The number of ketones is 1. The number of rotatable bonds is 7. The van der Waals surface area contributed by atoms with Gasteiger partial charge in [-0.2, -0.15) is 0 Å². The molecule has 5 nitrogen and oxygen atoms in total. The van der Waals surface area contributed by atoms with E-state index >= 15 is 0 Å². The molecule has 0 saturated heterocycles. The van der Waals surface area contributed by atoms with Crippen molar-refractivity contribution in [3.05, 3.63) is 58.2 Å². The highest BCUT2D eigenvalue weighted by Gasteiger charge is 2.29. The maximum absolute atomic E-state index is 13.4. The number of quaternary nitrogens is 1. The lowest BCUT2D eigenvalue weighted by Crippen LogP contribution is -3.12. The summed E-state index contributed by atoms with van der Waals surface area (Å²) in [6.45, 7) is 7.88. The van der Waals surface area contributed by atoms with Crippen LogP contribution >= 0.6 is 0 Å². The lowest BCUT2D eigenvalue weighted by atomic mass is 10.0. The third kappa shape index (κ3) is 4.19. The largest absolute Gasteiger partial charge is 0.462 e. The minimum Gasteiger partial charge on any atom is -0.462 e. The van der Waals surface area contributed by atoms with Gasteiger partial charge in [0.25, 0.3) is 0 Å². The van der Waals surface area contributed by atoms with Crippen molar-refractivity contribution in [1.29, 1.82) is 0 Å². The molecule has 1 heterocycles. The molecule has 2 atom stereocenters. The highest BCUT2D eigenvalue weighted by atomic mass is 19.1. The number of esters is 1. The molecule has 1 unspecified atom stereocenters. The van der Waals surface area contributed by atoms with E-state index in [0.29, 0.717) is 29.1 Å². The lowest BCUT2D eigenvalue weighted by Gasteiger charge is -2.20. The van der Waals surface area contributed by atoms with Gasteiger partial charge in [0, 0.05) is 11.3 Å². The van der Waals surface area contributed by atoms with Crippen LogP contribution in [-0.4, -0.2) is 36.4 Å². The SMILES string of the molecule is CCOC(=O)c1c(C)[nH]c(C(=O)[C@@H](C)[NH+](C)Cc2cccc(F)c2)c1C. The fourth-order valence-electron chi connectivity index (χ4n) is 3.07. The summed E-state index contributed by atoms with van der Waals surface area (Å²) in [4.78, 5) is 29.0. The molecule has 0 bridgehead atoms. The maximum atomic E-state index is 13.4. The number of likely N-dealkylation sites (N-methyl/N-ethyl adjacent to an activating group) is 1. The Kier molecular flexibility index (Phi) is 6.32. The summed E-state index contributed by atoms with van der Waals surface area (Å²) >= 11 is 0. The van der Waals surface area contributed by atoms with E-state index in [1.165, 1.54) is 12.1 Å². The van der Waals surface area contributed by atoms with Crippen LogP contribution in [0.3, 0.4) is 0 Å². The van der Waals surface area contributed by atoms with Crippen LogP contribution in [-0.2, 0) is 11.3 Å². The normalized spacial score (nSPS) is 13.3. The molecule has 0 fully saturated rings. The molecule has 0 amide bonds. The van der Waals surface area contributed by atoms with Gasteiger partial charge in [0.2, 0.25) is 5.78 Å². The number of aromatic nitrogens is 1. The maximum Gasteiger partial charge on any atom is 0.340 e. The van der Waals surface area contributed by atoms with Crippen molar-refractivity contribution in [3.8, 4) is 0 Å². The number of aryl methyl sites for hydroxylation is 1. The van der Waals surface area contributed by atoms with E-state index in [9.17, 15) is 14.0 Å². The number of carbonyl (C=O) groups is 2. The van der Waals surface area contributed by atoms with Crippen LogP contribution in [0.25, 0.3) is 0 Å². The molecule has 0 radical (unpaired) electrons. The number of hydrogen-bond donors (Lipinski definition) is 2. The first kappa shape index (κ1) is 19.8. The molecule has 140 valence electrons. The van der Waals surface area contributed by atoms with Crippen LogP contribution < -0.4 is 4.90 Å². The Hall–Kier alpha value is -2.47. The van der Waals surface area contributed by atoms with Crippen molar-refractivity contribution in [2.75, 3.05) is 13.7 Å². The molecule has 2 rings (SSSR count). The zero-order valence-electron chi connectivity index (χ0n) is 15.9. The van der Waals surface area contributed by atoms with Gasteiger partial charge in [-0.1, -0.05) is 12.1 Å². The Bertz CT molecular complexity index is 813. The van der Waals surface area contributed by atoms with Crippen LogP contribution in [0, 0.1) is 19.7 Å². The number of nitrogens with one attached hydrogen (secondary N) is 2. The van der Waals surface area contributed by atoms with Gasteiger partial charge in [0.15, 0.2) is 6.04 Å². The molecule has 2 N–H and O–H groups in total. The summed E-state index contributed by atoms with van der Waals surface area (Å²) in [5.41, 5.74) is 2.91. The molecule has 1 aromatic carbocycles. The van der Waals surface area contributed by atoms with E-state index in [1.54, 1.807) is 26.8 Å². The minimum atomic E-state index is -0.425. The van der Waals surface area contributed by atoms with Gasteiger partial charge in [-0.15, -0.1) is 0 Å². The van der Waals surface area contributed by atoms with Crippen molar-refractivity contribution in [2.45, 2.75) is 40.3 Å². The number of halogens is 1. The topological polar surface area (TPSA) is 63.6 Å². The second kappa shape index (κ2) is 8.27. The minimum absolute atomic E-state index is 0.0879. The lowest BCUT2D eigenvalue weighted by molar-refractivity contribution is -0.907. The van der Waals surface area contributed by atoms with Gasteiger partial charge in [-0.25, -0.2) is 9.18 Å². The monoisotopic (exact) mass is 361 g/mol. The second-order valence-electron chi connectivity index (χ2n) is 6.58. The standard InChI is InChI=1S/C20H25FN2O3/c1-6-26-20(25)17-12(2)18(22-13(17)3)19(24)14(4)23(5)11-15-8-7-9-16(21)10-15/h7-10,14,22H,6,11H2,1-5H3/p+1/t14-/m1/s1. The smallest absolute Gasteiger partial charge is 0.340 e. The summed E-state index contributed by atoms with van der Waals surface area (Å²) < 4.78 is 18.4. The Morgan fingerprint density at radius 2 is 2.00 bits per heavy atom. The predicted octanol–water partition coefficient (Wildman–Crippen LogP) is 2.23. The van der Waals surface area contributed by atoms with Crippen LogP contribution in [0.1, 0.15) is 51.5 Å². The van der Waals surface area contributed by atoms with Gasteiger partial charge in [-0.05, 0) is 45.4 Å². The third-order valence-electron chi connectivity index (χ3n) is 4.67. The second-order valence-corrected chi connectivity index (χ2v) is 6.58. The summed E-state index contributed by atoms with van der Waals surface area (Å²) in [5.74, 6) is -0.801. The fourth-order valence-corrected chi connectivity index (χ4v) is 3.07. The third-order valence-corrected chi connectivity index (χ3v) is 4.67. The molecule has 0 aliphatic rings. The molecule has 0 spiro atoms. The van der Waals surface area contributed by atoms with E-state index in [1.807, 2.05) is 20.0 Å². The molecular weight excluding hydrogens is 335 g/mol. The summed E-state index contributed by atoms with van der Waals surface area (Å²) in [6.07, 6.45) is 0. The van der Waals surface area contributed by atoms with Crippen molar-refractivity contribution in [3.63, 3.8) is 0 Å². The number of hydrogen-bond acceptors (Lipinski definition) is 3. The fraction of sp³-hybridized carbons (Fsp3) is 0.400. The summed E-state index contributed by atoms with van der Waals surface area (Å²) in [7, 11) is 1.89. The Labute approximate surface area is 153 Å². The van der Waals surface area contributed by atoms with Crippen molar-refractivity contribution >= 4 is 11.8 Å². The van der Waals surface area contributed by atoms with E-state index < -0.39 is 5.97 Å². The molecule has 6 heteroatoms. The quantitative estimate of drug-likeness (QED) is 0.587. The van der Waals surface area contributed by atoms with Gasteiger partial charge < -0.3 is 14.6 Å². The molecule has 0 aliphatic heterocycles. The first-order valence-electron chi connectivity index (χ1n) is 8.73. The number of Topliss-reactive ketones (excluding diaryl/α,β-unsaturated/α-hetero) is 1. The number of aromatic amines is 1. The number of benzene rings is 1. The van der Waals surface area contributed by atoms with Gasteiger partial charge >= 0.3 is 5.97 Å². The molecule has 0 saturated carbocycles. The van der Waals surface area contributed by atoms with Gasteiger partial charge in [-0.3, -0.25) is 4.79 Å². The summed E-state index contributed by atoms with van der Waals surface area (Å²) in [6, 6.07) is 6.02. The highest BCUT2D eigenvalue weighted by molar-refractivity contribution is 6.03.